The summed E-state index contributed by atoms with van der Waals surface area (Å²) < 4.78 is 0. The number of carbonyl (C=O) groups is 2. The van der Waals surface area contributed by atoms with Crippen LogP contribution in [0.1, 0.15) is 50.9 Å². The Hall–Kier alpha value is -1.79. The second-order valence-corrected chi connectivity index (χ2v) is 8.67. The van der Waals surface area contributed by atoms with Crippen LogP contribution < -0.4 is 21.3 Å². The van der Waals surface area contributed by atoms with Crippen molar-refractivity contribution in [3.05, 3.63) is 28.8 Å². The zero-order valence-electron chi connectivity index (χ0n) is 16.0. The van der Waals surface area contributed by atoms with Gasteiger partial charge in [0.1, 0.15) is 0 Å². The molecule has 6 nitrogen and oxygen atoms in total. The van der Waals surface area contributed by atoms with Crippen LogP contribution in [0.5, 0.6) is 0 Å². The Labute approximate surface area is 160 Å². The molecule has 144 valence electrons. The summed E-state index contributed by atoms with van der Waals surface area (Å²) in [6, 6.07) is 4.57. The highest BCUT2D eigenvalue weighted by molar-refractivity contribution is 6.34. The summed E-state index contributed by atoms with van der Waals surface area (Å²) in [5.74, 6) is -0.227. The lowest BCUT2D eigenvalue weighted by atomic mass is 9.81. The van der Waals surface area contributed by atoms with Crippen molar-refractivity contribution in [2.45, 2.75) is 46.1 Å². The Morgan fingerprint density at radius 1 is 1.23 bits per heavy atom. The summed E-state index contributed by atoms with van der Waals surface area (Å²) in [6.45, 7) is 10.4. The van der Waals surface area contributed by atoms with E-state index < -0.39 is 0 Å². The van der Waals surface area contributed by atoms with Crippen LogP contribution in [0.3, 0.4) is 0 Å². The maximum absolute atomic E-state index is 12.6. The van der Waals surface area contributed by atoms with Gasteiger partial charge in [-0.1, -0.05) is 18.5 Å². The van der Waals surface area contributed by atoms with Crippen molar-refractivity contribution in [3.63, 3.8) is 0 Å². The molecule has 2 rings (SSSR count). The molecule has 7 heteroatoms. The molecule has 0 bridgehead atoms. The Morgan fingerprint density at radius 2 is 1.88 bits per heavy atom. The quantitative estimate of drug-likeness (QED) is 0.646. The van der Waals surface area contributed by atoms with Gasteiger partial charge in [-0.15, -0.1) is 0 Å². The molecule has 1 fully saturated rings. The zero-order chi connectivity index (χ0) is 19.4. The van der Waals surface area contributed by atoms with Crippen LogP contribution in [-0.2, 0) is 0 Å². The van der Waals surface area contributed by atoms with Gasteiger partial charge in [-0.25, -0.2) is 4.79 Å². The molecule has 0 aromatic heterocycles. The zero-order valence-corrected chi connectivity index (χ0v) is 16.7. The SMILES string of the molecule is CC1(CNC(=O)c2cc(NC(=O)NC(C)(C)C)ccc2Cl)CCNCC1. The minimum Gasteiger partial charge on any atom is -0.351 e. The van der Waals surface area contributed by atoms with E-state index in [2.05, 4.69) is 28.2 Å². The first-order chi connectivity index (χ1) is 12.1. The number of hydrogen-bond donors (Lipinski definition) is 4. The Balaban J connectivity index is 2.01. The third kappa shape index (κ3) is 6.18. The largest absolute Gasteiger partial charge is 0.351 e. The van der Waals surface area contributed by atoms with Gasteiger partial charge in [0.15, 0.2) is 0 Å². The van der Waals surface area contributed by atoms with Crippen LogP contribution in [0, 0.1) is 5.41 Å². The van der Waals surface area contributed by atoms with Gasteiger partial charge >= 0.3 is 6.03 Å². The molecule has 1 heterocycles. The van der Waals surface area contributed by atoms with E-state index in [1.54, 1.807) is 18.2 Å². The molecule has 1 aromatic rings. The number of hydrogen-bond acceptors (Lipinski definition) is 3. The fourth-order valence-corrected chi connectivity index (χ4v) is 3.08. The lowest BCUT2D eigenvalue weighted by Crippen LogP contribution is -2.43. The van der Waals surface area contributed by atoms with E-state index in [0.29, 0.717) is 22.8 Å². The van der Waals surface area contributed by atoms with E-state index in [4.69, 9.17) is 11.6 Å². The molecule has 4 N–H and O–H groups in total. The summed E-state index contributed by atoms with van der Waals surface area (Å²) in [5.41, 5.74) is 0.628. The maximum atomic E-state index is 12.6. The molecule has 0 radical (unpaired) electrons. The monoisotopic (exact) mass is 380 g/mol. The molecule has 1 aliphatic rings. The number of anilines is 1. The molecular formula is C19H29ClN4O2. The number of nitrogens with one attached hydrogen (secondary N) is 4. The third-order valence-corrected chi connectivity index (χ3v) is 4.77. The first kappa shape index (κ1) is 20.5. The van der Waals surface area contributed by atoms with E-state index in [1.165, 1.54) is 0 Å². The molecular weight excluding hydrogens is 352 g/mol. The van der Waals surface area contributed by atoms with Crippen LogP contribution in [-0.4, -0.2) is 37.1 Å². The van der Waals surface area contributed by atoms with Gasteiger partial charge in [0.25, 0.3) is 5.91 Å². The lowest BCUT2D eigenvalue weighted by Gasteiger charge is -2.34. The molecule has 0 atom stereocenters. The van der Waals surface area contributed by atoms with Crippen LogP contribution in [0.4, 0.5) is 10.5 Å². The number of urea groups is 1. The number of benzene rings is 1. The highest BCUT2D eigenvalue weighted by atomic mass is 35.5. The summed E-state index contributed by atoms with van der Waals surface area (Å²) in [4.78, 5) is 24.6. The van der Waals surface area contributed by atoms with E-state index in [1.807, 2.05) is 20.8 Å². The third-order valence-electron chi connectivity index (χ3n) is 4.44. The minimum absolute atomic E-state index is 0.0931. The molecule has 0 aliphatic carbocycles. The number of piperidine rings is 1. The molecule has 3 amide bonds. The van der Waals surface area contributed by atoms with E-state index in [9.17, 15) is 9.59 Å². The maximum Gasteiger partial charge on any atom is 0.319 e. The summed E-state index contributed by atoms with van der Waals surface area (Å²) in [7, 11) is 0. The van der Waals surface area contributed by atoms with Gasteiger partial charge in [-0.2, -0.15) is 0 Å². The topological polar surface area (TPSA) is 82.3 Å². The molecule has 1 aromatic carbocycles. The smallest absolute Gasteiger partial charge is 0.319 e. The van der Waals surface area contributed by atoms with Crippen LogP contribution in [0.25, 0.3) is 0 Å². The standard InChI is InChI=1S/C19H29ClN4O2/c1-18(2,3)24-17(26)23-13-5-6-15(20)14(11-13)16(25)22-12-19(4)7-9-21-10-8-19/h5-6,11,21H,7-10,12H2,1-4H3,(H,22,25)(H2,23,24,26). The lowest BCUT2D eigenvalue weighted by molar-refractivity contribution is 0.0922. The molecule has 0 unspecified atom stereocenters. The van der Waals surface area contributed by atoms with Crippen molar-refractivity contribution in [2.75, 3.05) is 25.0 Å². The number of carbonyl (C=O) groups excluding carboxylic acids is 2. The van der Waals surface area contributed by atoms with Gasteiger partial charge in [-0.05, 0) is 70.3 Å². The summed E-state index contributed by atoms with van der Waals surface area (Å²) in [6.07, 6.45) is 2.05. The van der Waals surface area contributed by atoms with E-state index in [0.717, 1.165) is 25.9 Å². The molecule has 1 aliphatic heterocycles. The normalized spacial score (nSPS) is 16.7. The Kier molecular flexibility index (Phi) is 6.53. The first-order valence-corrected chi connectivity index (χ1v) is 9.33. The van der Waals surface area contributed by atoms with Gasteiger partial charge in [0.2, 0.25) is 0 Å². The minimum atomic E-state index is -0.346. The highest BCUT2D eigenvalue weighted by Crippen LogP contribution is 2.27. The Morgan fingerprint density at radius 3 is 2.50 bits per heavy atom. The second kappa shape index (κ2) is 8.27. The van der Waals surface area contributed by atoms with Crippen molar-refractivity contribution < 1.29 is 9.59 Å². The summed E-state index contributed by atoms with van der Waals surface area (Å²) in [5, 5.41) is 12.2. The molecule has 26 heavy (non-hydrogen) atoms. The van der Waals surface area contributed by atoms with Crippen LogP contribution in [0.15, 0.2) is 18.2 Å². The van der Waals surface area contributed by atoms with Crippen molar-refractivity contribution in [1.29, 1.82) is 0 Å². The second-order valence-electron chi connectivity index (χ2n) is 8.27. The van der Waals surface area contributed by atoms with Gasteiger partial charge < -0.3 is 21.3 Å². The van der Waals surface area contributed by atoms with Gasteiger partial charge in [0.05, 0.1) is 10.6 Å². The number of halogens is 1. The molecule has 0 spiro atoms. The van der Waals surface area contributed by atoms with Gasteiger partial charge in [-0.3, -0.25) is 4.79 Å². The van der Waals surface area contributed by atoms with Crippen LogP contribution >= 0.6 is 11.6 Å². The predicted octanol–water partition coefficient (Wildman–Crippen LogP) is 3.38. The fraction of sp³-hybridized carbons (Fsp3) is 0.579. The van der Waals surface area contributed by atoms with Gasteiger partial charge in [0, 0.05) is 17.8 Å². The highest BCUT2D eigenvalue weighted by Gasteiger charge is 2.27. The molecule has 1 saturated heterocycles. The van der Waals surface area contributed by atoms with Crippen molar-refractivity contribution in [3.8, 4) is 0 Å². The molecule has 0 saturated carbocycles. The number of amides is 3. The average Bonchev–Trinajstić information content (AvgIpc) is 2.53. The van der Waals surface area contributed by atoms with Crippen molar-refractivity contribution in [2.24, 2.45) is 5.41 Å². The van der Waals surface area contributed by atoms with Crippen molar-refractivity contribution in [1.82, 2.24) is 16.0 Å². The summed E-state index contributed by atoms with van der Waals surface area (Å²) >= 11 is 6.19. The predicted molar refractivity (Wildman–Crippen MR) is 106 cm³/mol. The van der Waals surface area contributed by atoms with Crippen LogP contribution in [0.2, 0.25) is 5.02 Å². The van der Waals surface area contributed by atoms with E-state index >= 15 is 0 Å². The number of rotatable bonds is 4. The first-order valence-electron chi connectivity index (χ1n) is 8.96. The fourth-order valence-electron chi connectivity index (χ4n) is 2.88. The average molecular weight is 381 g/mol. The van der Waals surface area contributed by atoms with E-state index in [-0.39, 0.29) is 22.9 Å². The Bertz CT molecular complexity index is 664. The van der Waals surface area contributed by atoms with Crippen molar-refractivity contribution >= 4 is 29.2 Å².